The lowest BCUT2D eigenvalue weighted by Crippen LogP contribution is -2.43. The van der Waals surface area contributed by atoms with E-state index in [0.29, 0.717) is 12.5 Å². The van der Waals surface area contributed by atoms with Crippen molar-refractivity contribution in [2.75, 3.05) is 40.3 Å². The molecule has 1 rings (SSSR count). The quantitative estimate of drug-likeness (QED) is 0.681. The van der Waals surface area contributed by atoms with Crippen LogP contribution in [0.4, 0.5) is 0 Å². The van der Waals surface area contributed by atoms with Crippen molar-refractivity contribution in [1.82, 2.24) is 9.80 Å². The van der Waals surface area contributed by atoms with Gasteiger partial charge in [-0.1, -0.05) is 0 Å². The van der Waals surface area contributed by atoms with E-state index in [1.165, 1.54) is 12.8 Å². The zero-order chi connectivity index (χ0) is 10.6. The molecule has 4 nitrogen and oxygen atoms in total. The van der Waals surface area contributed by atoms with Gasteiger partial charge in [0.2, 0.25) is 5.91 Å². The number of amides is 1. The first-order valence-corrected chi connectivity index (χ1v) is 5.26. The van der Waals surface area contributed by atoms with E-state index >= 15 is 0 Å². The van der Waals surface area contributed by atoms with E-state index < -0.39 is 0 Å². The maximum absolute atomic E-state index is 11.5. The van der Waals surface area contributed by atoms with Gasteiger partial charge in [0, 0.05) is 20.6 Å². The Kier molecular flexibility index (Phi) is 4.35. The molecule has 0 spiro atoms. The molecule has 1 aliphatic heterocycles. The number of likely N-dealkylation sites (tertiary alicyclic amines) is 1. The van der Waals surface area contributed by atoms with Gasteiger partial charge in [-0.3, -0.25) is 9.69 Å². The van der Waals surface area contributed by atoms with Gasteiger partial charge < -0.3 is 10.6 Å². The monoisotopic (exact) mass is 199 g/mol. The molecule has 1 amide bonds. The van der Waals surface area contributed by atoms with Crippen LogP contribution in [0.5, 0.6) is 0 Å². The molecule has 0 saturated carbocycles. The first-order valence-electron chi connectivity index (χ1n) is 5.26. The summed E-state index contributed by atoms with van der Waals surface area (Å²) in [5, 5.41) is 0. The highest BCUT2D eigenvalue weighted by atomic mass is 16.2. The predicted molar refractivity (Wildman–Crippen MR) is 56.9 cm³/mol. The summed E-state index contributed by atoms with van der Waals surface area (Å²) in [6, 6.07) is 0. The molecule has 0 radical (unpaired) electrons. The molecule has 14 heavy (non-hydrogen) atoms. The normalized spacial score (nSPS) is 23.5. The lowest BCUT2D eigenvalue weighted by molar-refractivity contribution is -0.130. The van der Waals surface area contributed by atoms with Gasteiger partial charge in [-0.05, 0) is 31.8 Å². The molecule has 1 atom stereocenters. The molecule has 0 aliphatic carbocycles. The fraction of sp³-hybridized carbons (Fsp3) is 0.900. The molecule has 1 aliphatic rings. The Hall–Kier alpha value is -0.610. The number of hydrogen-bond donors (Lipinski definition) is 1. The Labute approximate surface area is 86.0 Å². The Bertz CT molecular complexity index is 194. The molecule has 82 valence electrons. The number of nitrogens with two attached hydrogens (primary N) is 1. The molecular weight excluding hydrogens is 178 g/mol. The number of likely N-dealkylation sites (N-methyl/N-ethyl adjacent to an activating group) is 1. The summed E-state index contributed by atoms with van der Waals surface area (Å²) >= 11 is 0. The third-order valence-corrected chi connectivity index (χ3v) is 2.79. The van der Waals surface area contributed by atoms with Gasteiger partial charge in [0.15, 0.2) is 0 Å². The smallest absolute Gasteiger partial charge is 0.236 e. The first kappa shape index (κ1) is 11.5. The number of rotatable bonds is 3. The van der Waals surface area contributed by atoms with Crippen LogP contribution in [0.3, 0.4) is 0 Å². The highest BCUT2D eigenvalue weighted by Crippen LogP contribution is 2.14. The summed E-state index contributed by atoms with van der Waals surface area (Å²) in [5.41, 5.74) is 5.63. The minimum absolute atomic E-state index is 0.183. The molecule has 0 bridgehead atoms. The van der Waals surface area contributed by atoms with Crippen LogP contribution in [-0.2, 0) is 4.79 Å². The van der Waals surface area contributed by atoms with E-state index in [4.69, 9.17) is 5.73 Å². The Morgan fingerprint density at radius 1 is 1.57 bits per heavy atom. The van der Waals surface area contributed by atoms with Gasteiger partial charge in [-0.15, -0.1) is 0 Å². The largest absolute Gasteiger partial charge is 0.348 e. The molecule has 2 N–H and O–H groups in total. The van der Waals surface area contributed by atoms with Gasteiger partial charge in [0.25, 0.3) is 0 Å². The molecule has 1 fully saturated rings. The topological polar surface area (TPSA) is 49.6 Å². The first-order chi connectivity index (χ1) is 6.63. The molecular formula is C10H21N3O. The molecule has 0 aromatic carbocycles. The van der Waals surface area contributed by atoms with Crippen LogP contribution in [0, 0.1) is 5.92 Å². The molecule has 1 unspecified atom stereocenters. The Morgan fingerprint density at radius 2 is 2.29 bits per heavy atom. The Balaban J connectivity index is 2.34. The van der Waals surface area contributed by atoms with E-state index in [1.54, 1.807) is 19.0 Å². The predicted octanol–water partition coefficient (Wildman–Crippen LogP) is -0.255. The molecule has 1 saturated heterocycles. The van der Waals surface area contributed by atoms with Crippen molar-refractivity contribution in [2.24, 2.45) is 11.7 Å². The van der Waals surface area contributed by atoms with Crippen molar-refractivity contribution < 1.29 is 4.79 Å². The fourth-order valence-corrected chi connectivity index (χ4v) is 1.82. The van der Waals surface area contributed by atoms with Crippen molar-refractivity contribution in [3.63, 3.8) is 0 Å². The molecule has 1 heterocycles. The highest BCUT2D eigenvalue weighted by molar-refractivity contribution is 5.77. The van der Waals surface area contributed by atoms with E-state index in [1.807, 2.05) is 0 Å². The lowest BCUT2D eigenvalue weighted by atomic mass is 9.98. The van der Waals surface area contributed by atoms with Crippen LogP contribution in [0.2, 0.25) is 0 Å². The summed E-state index contributed by atoms with van der Waals surface area (Å²) in [6.07, 6.45) is 2.38. The van der Waals surface area contributed by atoms with Gasteiger partial charge in [0.1, 0.15) is 0 Å². The number of nitrogens with zero attached hydrogens (tertiary/aromatic N) is 2. The number of carbonyl (C=O) groups is 1. The second kappa shape index (κ2) is 5.32. The second-order valence-electron chi connectivity index (χ2n) is 4.27. The number of carbonyl (C=O) groups excluding carboxylic acids is 1. The molecule has 0 aromatic heterocycles. The van der Waals surface area contributed by atoms with Crippen molar-refractivity contribution in [1.29, 1.82) is 0 Å². The van der Waals surface area contributed by atoms with E-state index in [0.717, 1.165) is 19.6 Å². The zero-order valence-electron chi connectivity index (χ0n) is 9.20. The van der Waals surface area contributed by atoms with Crippen molar-refractivity contribution in [3.05, 3.63) is 0 Å². The van der Waals surface area contributed by atoms with E-state index in [-0.39, 0.29) is 5.91 Å². The van der Waals surface area contributed by atoms with Crippen molar-refractivity contribution in [2.45, 2.75) is 12.8 Å². The summed E-state index contributed by atoms with van der Waals surface area (Å²) < 4.78 is 0. The number of hydrogen-bond acceptors (Lipinski definition) is 3. The third-order valence-electron chi connectivity index (χ3n) is 2.79. The van der Waals surface area contributed by atoms with Gasteiger partial charge in [0.05, 0.1) is 6.54 Å². The maximum Gasteiger partial charge on any atom is 0.236 e. The Morgan fingerprint density at radius 3 is 2.86 bits per heavy atom. The van der Waals surface area contributed by atoms with Gasteiger partial charge in [-0.25, -0.2) is 0 Å². The van der Waals surface area contributed by atoms with Crippen molar-refractivity contribution >= 4 is 5.91 Å². The summed E-state index contributed by atoms with van der Waals surface area (Å²) in [4.78, 5) is 15.3. The lowest BCUT2D eigenvalue weighted by Gasteiger charge is -2.32. The van der Waals surface area contributed by atoms with Crippen LogP contribution in [0.1, 0.15) is 12.8 Å². The second-order valence-corrected chi connectivity index (χ2v) is 4.27. The highest BCUT2D eigenvalue weighted by Gasteiger charge is 2.20. The van der Waals surface area contributed by atoms with Crippen LogP contribution in [0.25, 0.3) is 0 Å². The summed E-state index contributed by atoms with van der Waals surface area (Å²) in [6.45, 7) is 3.31. The van der Waals surface area contributed by atoms with Crippen LogP contribution >= 0.6 is 0 Å². The summed E-state index contributed by atoms with van der Waals surface area (Å²) in [7, 11) is 3.60. The van der Waals surface area contributed by atoms with Crippen LogP contribution < -0.4 is 5.73 Å². The summed E-state index contributed by atoms with van der Waals surface area (Å²) in [5.74, 6) is 0.765. The van der Waals surface area contributed by atoms with Crippen LogP contribution in [0.15, 0.2) is 0 Å². The molecule has 0 aromatic rings. The van der Waals surface area contributed by atoms with Gasteiger partial charge in [-0.2, -0.15) is 0 Å². The average Bonchev–Trinajstić information content (AvgIpc) is 2.18. The SMILES string of the molecule is CN(C)C(=O)CN1CCCC(CN)C1. The minimum Gasteiger partial charge on any atom is -0.348 e. The van der Waals surface area contributed by atoms with Crippen LogP contribution in [-0.4, -0.2) is 56.0 Å². The maximum atomic E-state index is 11.5. The zero-order valence-corrected chi connectivity index (χ0v) is 9.20. The van der Waals surface area contributed by atoms with E-state index in [9.17, 15) is 4.79 Å². The van der Waals surface area contributed by atoms with E-state index in [2.05, 4.69) is 4.90 Å². The standard InChI is InChI=1S/C10H21N3O/c1-12(2)10(14)8-13-5-3-4-9(6-11)7-13/h9H,3-8,11H2,1-2H3. The fourth-order valence-electron chi connectivity index (χ4n) is 1.82. The molecule has 4 heteroatoms. The number of piperidine rings is 1. The van der Waals surface area contributed by atoms with Gasteiger partial charge >= 0.3 is 0 Å². The average molecular weight is 199 g/mol. The van der Waals surface area contributed by atoms with Crippen molar-refractivity contribution in [3.8, 4) is 0 Å². The minimum atomic E-state index is 0.183. The third kappa shape index (κ3) is 3.27.